The molecule has 3 N–H and O–H groups in total. The average molecular weight is 332 g/mol. The molecule has 1 rings (SSSR count). The molecule has 5 nitrogen and oxygen atoms in total. The number of halogens is 1. The van der Waals surface area contributed by atoms with Gasteiger partial charge in [0.1, 0.15) is 0 Å². The first-order chi connectivity index (χ1) is 9.52. The third-order valence-electron chi connectivity index (χ3n) is 2.53. The van der Waals surface area contributed by atoms with Gasteiger partial charge in [-0.25, -0.2) is 0 Å². The quantitative estimate of drug-likeness (QED) is 0.527. The summed E-state index contributed by atoms with van der Waals surface area (Å²) in [6, 6.07) is 7.45. The SMILES string of the molecule is CNCCNC(=O)C(C)Sc1ccc(NC(C)=O)cc1.Cl. The highest BCUT2D eigenvalue weighted by molar-refractivity contribution is 8.00. The van der Waals surface area contributed by atoms with Crippen LogP contribution in [0.1, 0.15) is 13.8 Å². The number of hydrogen-bond acceptors (Lipinski definition) is 4. The van der Waals surface area contributed by atoms with E-state index in [2.05, 4.69) is 16.0 Å². The van der Waals surface area contributed by atoms with Crippen molar-refractivity contribution in [3.05, 3.63) is 24.3 Å². The molecule has 0 heterocycles. The Bertz CT molecular complexity index is 454. The average Bonchev–Trinajstić information content (AvgIpc) is 2.40. The van der Waals surface area contributed by atoms with Crippen LogP contribution in [0.25, 0.3) is 0 Å². The fourth-order valence-corrected chi connectivity index (χ4v) is 2.42. The van der Waals surface area contributed by atoms with E-state index in [-0.39, 0.29) is 29.5 Å². The zero-order chi connectivity index (χ0) is 15.0. The lowest BCUT2D eigenvalue weighted by Crippen LogP contribution is -2.35. The van der Waals surface area contributed by atoms with Gasteiger partial charge in [0.05, 0.1) is 5.25 Å². The standard InChI is InChI=1S/C14H21N3O2S.ClH/c1-10(14(19)16-9-8-15-3)20-13-6-4-12(5-7-13)17-11(2)18;/h4-7,10,15H,8-9H2,1-3H3,(H,16,19)(H,17,18);1H. The molecular weight excluding hydrogens is 310 g/mol. The van der Waals surface area contributed by atoms with Crippen LogP contribution in [0.2, 0.25) is 0 Å². The summed E-state index contributed by atoms with van der Waals surface area (Å²) in [5.41, 5.74) is 0.757. The Labute approximate surface area is 136 Å². The predicted molar refractivity (Wildman–Crippen MR) is 90.2 cm³/mol. The lowest BCUT2D eigenvalue weighted by atomic mass is 10.3. The fourth-order valence-electron chi connectivity index (χ4n) is 1.53. The van der Waals surface area contributed by atoms with Crippen molar-refractivity contribution >= 4 is 41.7 Å². The van der Waals surface area contributed by atoms with Gasteiger partial charge < -0.3 is 16.0 Å². The van der Waals surface area contributed by atoms with Crippen LogP contribution in [-0.4, -0.2) is 37.2 Å². The molecule has 0 aliphatic carbocycles. The highest BCUT2D eigenvalue weighted by atomic mass is 35.5. The van der Waals surface area contributed by atoms with Crippen molar-refractivity contribution in [1.29, 1.82) is 0 Å². The smallest absolute Gasteiger partial charge is 0.233 e. The molecule has 0 spiro atoms. The topological polar surface area (TPSA) is 70.2 Å². The minimum atomic E-state index is -0.154. The maximum absolute atomic E-state index is 11.8. The van der Waals surface area contributed by atoms with Crippen LogP contribution in [0.5, 0.6) is 0 Å². The number of amides is 2. The number of hydrogen-bond donors (Lipinski definition) is 3. The summed E-state index contributed by atoms with van der Waals surface area (Å²) >= 11 is 1.49. The molecule has 2 amide bonds. The van der Waals surface area contributed by atoms with Gasteiger partial charge in [0.2, 0.25) is 11.8 Å². The second kappa shape index (κ2) is 10.5. The highest BCUT2D eigenvalue weighted by Crippen LogP contribution is 2.24. The molecule has 0 saturated heterocycles. The van der Waals surface area contributed by atoms with Crippen molar-refractivity contribution in [3.63, 3.8) is 0 Å². The van der Waals surface area contributed by atoms with E-state index >= 15 is 0 Å². The van der Waals surface area contributed by atoms with E-state index in [0.717, 1.165) is 17.1 Å². The molecule has 1 atom stereocenters. The minimum Gasteiger partial charge on any atom is -0.354 e. The summed E-state index contributed by atoms with van der Waals surface area (Å²) in [6.07, 6.45) is 0. The monoisotopic (exact) mass is 331 g/mol. The van der Waals surface area contributed by atoms with Crippen LogP contribution in [0, 0.1) is 0 Å². The number of carbonyl (C=O) groups is 2. The van der Waals surface area contributed by atoms with Gasteiger partial charge in [-0.05, 0) is 38.2 Å². The number of likely N-dealkylation sites (N-methyl/N-ethyl adjacent to an activating group) is 1. The van der Waals surface area contributed by atoms with E-state index in [1.54, 1.807) is 0 Å². The first kappa shape index (κ1) is 19.8. The van der Waals surface area contributed by atoms with Gasteiger partial charge >= 0.3 is 0 Å². The Balaban J connectivity index is 0.00000400. The molecule has 0 radical (unpaired) electrons. The van der Waals surface area contributed by atoms with Gasteiger partial charge in [-0.15, -0.1) is 24.2 Å². The minimum absolute atomic E-state index is 0. The lowest BCUT2D eigenvalue weighted by molar-refractivity contribution is -0.120. The second-order valence-electron chi connectivity index (χ2n) is 4.36. The van der Waals surface area contributed by atoms with Gasteiger partial charge in [0.15, 0.2) is 0 Å². The molecule has 0 bridgehead atoms. The summed E-state index contributed by atoms with van der Waals surface area (Å²) < 4.78 is 0. The summed E-state index contributed by atoms with van der Waals surface area (Å²) in [5.74, 6) is -0.0705. The Morgan fingerprint density at radius 3 is 2.33 bits per heavy atom. The molecule has 1 aromatic carbocycles. The first-order valence-electron chi connectivity index (χ1n) is 6.49. The predicted octanol–water partition coefficient (Wildman–Crippen LogP) is 1.88. The van der Waals surface area contributed by atoms with E-state index in [4.69, 9.17) is 0 Å². The van der Waals surface area contributed by atoms with Crippen LogP contribution in [0.15, 0.2) is 29.2 Å². The Morgan fingerprint density at radius 1 is 1.19 bits per heavy atom. The third-order valence-corrected chi connectivity index (χ3v) is 3.64. The first-order valence-corrected chi connectivity index (χ1v) is 7.37. The number of thioether (sulfide) groups is 1. The molecule has 0 aliphatic heterocycles. The Hall–Kier alpha value is -1.24. The number of nitrogens with one attached hydrogen (secondary N) is 3. The summed E-state index contributed by atoms with van der Waals surface area (Å²) in [7, 11) is 1.85. The fraction of sp³-hybridized carbons (Fsp3) is 0.429. The van der Waals surface area contributed by atoms with Crippen molar-refractivity contribution in [1.82, 2.24) is 10.6 Å². The van der Waals surface area contributed by atoms with Gasteiger partial charge in [0.25, 0.3) is 0 Å². The Morgan fingerprint density at radius 2 is 1.81 bits per heavy atom. The van der Waals surface area contributed by atoms with Gasteiger partial charge in [-0.2, -0.15) is 0 Å². The zero-order valence-corrected chi connectivity index (χ0v) is 14.1. The number of carbonyl (C=O) groups excluding carboxylic acids is 2. The van der Waals surface area contributed by atoms with Crippen LogP contribution in [0.4, 0.5) is 5.69 Å². The van der Waals surface area contributed by atoms with Gasteiger partial charge in [-0.3, -0.25) is 9.59 Å². The van der Waals surface area contributed by atoms with Crippen molar-refractivity contribution in [2.45, 2.75) is 24.0 Å². The molecule has 1 aromatic rings. The molecular formula is C14H22ClN3O2S. The second-order valence-corrected chi connectivity index (χ2v) is 5.77. The molecule has 0 saturated carbocycles. The molecule has 1 unspecified atom stereocenters. The van der Waals surface area contributed by atoms with E-state index in [1.807, 2.05) is 38.2 Å². The molecule has 0 aliphatic rings. The van der Waals surface area contributed by atoms with E-state index in [1.165, 1.54) is 18.7 Å². The largest absolute Gasteiger partial charge is 0.354 e. The van der Waals surface area contributed by atoms with Gasteiger partial charge in [-0.1, -0.05) is 0 Å². The van der Waals surface area contributed by atoms with Crippen LogP contribution < -0.4 is 16.0 Å². The molecule has 21 heavy (non-hydrogen) atoms. The lowest BCUT2D eigenvalue weighted by Gasteiger charge is -2.12. The van der Waals surface area contributed by atoms with Crippen LogP contribution >= 0.6 is 24.2 Å². The van der Waals surface area contributed by atoms with Crippen molar-refractivity contribution in [2.24, 2.45) is 0 Å². The maximum Gasteiger partial charge on any atom is 0.233 e. The van der Waals surface area contributed by atoms with E-state index < -0.39 is 0 Å². The summed E-state index contributed by atoms with van der Waals surface area (Å²) in [6.45, 7) is 4.73. The van der Waals surface area contributed by atoms with Gasteiger partial charge in [0, 0.05) is 30.6 Å². The van der Waals surface area contributed by atoms with Crippen molar-refractivity contribution < 1.29 is 9.59 Å². The molecule has 118 valence electrons. The maximum atomic E-state index is 11.8. The highest BCUT2D eigenvalue weighted by Gasteiger charge is 2.13. The van der Waals surface area contributed by atoms with E-state index in [9.17, 15) is 9.59 Å². The number of rotatable bonds is 7. The van der Waals surface area contributed by atoms with Crippen LogP contribution in [0.3, 0.4) is 0 Å². The Kier molecular flexibility index (Phi) is 9.86. The molecule has 0 fully saturated rings. The number of anilines is 1. The third kappa shape index (κ3) is 7.94. The molecule has 0 aromatic heterocycles. The van der Waals surface area contributed by atoms with Crippen molar-refractivity contribution in [3.8, 4) is 0 Å². The zero-order valence-electron chi connectivity index (χ0n) is 12.4. The van der Waals surface area contributed by atoms with Crippen LogP contribution in [-0.2, 0) is 9.59 Å². The molecule has 7 heteroatoms. The van der Waals surface area contributed by atoms with Crippen molar-refractivity contribution in [2.75, 3.05) is 25.5 Å². The van der Waals surface area contributed by atoms with E-state index in [0.29, 0.717) is 6.54 Å². The number of benzene rings is 1. The summed E-state index contributed by atoms with van der Waals surface area (Å²) in [5, 5.41) is 8.39. The normalized spacial score (nSPS) is 11.2. The summed E-state index contributed by atoms with van der Waals surface area (Å²) in [4.78, 5) is 23.7.